The number of fused-ring (bicyclic) bond motifs is 1. The zero-order valence-corrected chi connectivity index (χ0v) is 22.8. The zero-order valence-electron chi connectivity index (χ0n) is 19.8. The lowest BCUT2D eigenvalue weighted by molar-refractivity contribution is 0.0218. The molecular weight excluding hydrogens is 569 g/mol. The minimum absolute atomic E-state index is 0.0489. The highest BCUT2D eigenvalue weighted by atomic mass is 127. The first-order chi connectivity index (χ1) is 15.9. The maximum atomic E-state index is 13.4. The molecule has 1 amide bonds. The molecule has 3 aromatic rings. The molecule has 1 aliphatic heterocycles. The van der Waals surface area contributed by atoms with Crippen molar-refractivity contribution < 1.29 is 17.9 Å². The standard InChI is InChI=1S/C23H28IN5O4S/c1-15-6-8-17(9-7-15)34(31,32)29-13-18(24)19-20(25-14-26-21(19)29)28-11-10-27(12-16(28)2)22(30)33-23(3,4)5/h6-9,13-14,16H,10-12H2,1-5H3. The topological polar surface area (TPSA) is 97.6 Å². The van der Waals surface area contributed by atoms with Gasteiger partial charge in [0.25, 0.3) is 10.0 Å². The highest BCUT2D eigenvalue weighted by molar-refractivity contribution is 14.1. The van der Waals surface area contributed by atoms with E-state index < -0.39 is 15.6 Å². The number of halogens is 1. The summed E-state index contributed by atoms with van der Waals surface area (Å²) in [6.45, 7) is 10.9. The van der Waals surface area contributed by atoms with E-state index in [1.54, 1.807) is 35.4 Å². The molecule has 9 nitrogen and oxygen atoms in total. The number of aryl methyl sites for hydroxylation is 1. The van der Waals surface area contributed by atoms with Crippen LogP contribution in [0, 0.1) is 10.5 Å². The van der Waals surface area contributed by atoms with Crippen LogP contribution in [-0.2, 0) is 14.8 Å². The molecule has 11 heteroatoms. The van der Waals surface area contributed by atoms with Crippen LogP contribution in [0.15, 0.2) is 41.7 Å². The summed E-state index contributed by atoms with van der Waals surface area (Å²) in [7, 11) is -3.83. The van der Waals surface area contributed by atoms with Gasteiger partial charge in [0.1, 0.15) is 17.7 Å². The molecule has 1 fully saturated rings. The van der Waals surface area contributed by atoms with E-state index in [0.717, 1.165) is 9.13 Å². The van der Waals surface area contributed by atoms with Gasteiger partial charge in [-0.05, 0) is 69.3 Å². The SMILES string of the molecule is Cc1ccc(S(=O)(=O)n2cc(I)c3c(N4CCN(C(=O)OC(C)(C)C)CC4C)ncnc32)cc1. The summed E-state index contributed by atoms with van der Waals surface area (Å²) in [6, 6.07) is 6.70. The Morgan fingerprint density at radius 1 is 1.15 bits per heavy atom. The summed E-state index contributed by atoms with van der Waals surface area (Å²) in [5.41, 5.74) is 0.755. The van der Waals surface area contributed by atoms with Crippen molar-refractivity contribution in [1.29, 1.82) is 0 Å². The van der Waals surface area contributed by atoms with Gasteiger partial charge < -0.3 is 14.5 Å². The van der Waals surface area contributed by atoms with E-state index in [0.29, 0.717) is 36.5 Å². The molecule has 2 aromatic heterocycles. The van der Waals surface area contributed by atoms with Crippen molar-refractivity contribution in [3.8, 4) is 0 Å². The molecule has 34 heavy (non-hydrogen) atoms. The van der Waals surface area contributed by atoms with E-state index in [4.69, 9.17) is 4.74 Å². The van der Waals surface area contributed by atoms with E-state index in [1.165, 1.54) is 10.3 Å². The molecule has 0 saturated carbocycles. The predicted molar refractivity (Wildman–Crippen MR) is 139 cm³/mol. The van der Waals surface area contributed by atoms with Crippen LogP contribution < -0.4 is 4.90 Å². The van der Waals surface area contributed by atoms with Crippen molar-refractivity contribution in [3.05, 3.63) is 45.9 Å². The van der Waals surface area contributed by atoms with Gasteiger partial charge >= 0.3 is 6.09 Å². The molecule has 1 saturated heterocycles. The van der Waals surface area contributed by atoms with Gasteiger partial charge in [0.15, 0.2) is 5.65 Å². The third kappa shape index (κ3) is 4.72. The first kappa shape index (κ1) is 24.7. The molecule has 3 heterocycles. The summed E-state index contributed by atoms with van der Waals surface area (Å²) in [5, 5.41) is 0.677. The summed E-state index contributed by atoms with van der Waals surface area (Å²) < 4.78 is 34.2. The maximum Gasteiger partial charge on any atom is 0.410 e. The lowest BCUT2D eigenvalue weighted by Gasteiger charge is -2.41. The van der Waals surface area contributed by atoms with Crippen LogP contribution in [-0.4, -0.2) is 64.6 Å². The van der Waals surface area contributed by atoms with E-state index in [1.807, 2.05) is 34.6 Å². The fourth-order valence-electron chi connectivity index (χ4n) is 3.97. The number of ether oxygens (including phenoxy) is 1. The van der Waals surface area contributed by atoms with Gasteiger partial charge in [-0.3, -0.25) is 0 Å². The summed E-state index contributed by atoms with van der Waals surface area (Å²) in [4.78, 5) is 25.4. The molecule has 1 atom stereocenters. The van der Waals surface area contributed by atoms with Crippen molar-refractivity contribution in [2.75, 3.05) is 24.5 Å². The number of carbonyl (C=O) groups excluding carboxylic acids is 1. The molecule has 0 N–H and O–H groups in total. The van der Waals surface area contributed by atoms with Gasteiger partial charge in [-0.2, -0.15) is 0 Å². The van der Waals surface area contributed by atoms with Crippen LogP contribution in [0.1, 0.15) is 33.3 Å². The second-order valence-electron chi connectivity index (χ2n) is 9.46. The van der Waals surface area contributed by atoms with Crippen LogP contribution in [0.2, 0.25) is 0 Å². The molecule has 4 rings (SSSR count). The number of rotatable bonds is 3. The lowest BCUT2D eigenvalue weighted by atomic mass is 10.1. The van der Waals surface area contributed by atoms with Crippen molar-refractivity contribution in [2.45, 2.75) is 51.2 Å². The minimum Gasteiger partial charge on any atom is -0.444 e. The first-order valence-corrected chi connectivity index (χ1v) is 13.5. The predicted octanol–water partition coefficient (Wildman–Crippen LogP) is 4.03. The maximum absolute atomic E-state index is 13.4. The Kier molecular flexibility index (Phi) is 6.53. The molecular formula is C23H28IN5O4S. The number of benzene rings is 1. The fourth-order valence-corrected chi connectivity index (χ4v) is 6.23. The molecule has 1 aliphatic rings. The van der Waals surface area contributed by atoms with Crippen LogP contribution in [0.4, 0.5) is 10.6 Å². The second-order valence-corrected chi connectivity index (χ2v) is 12.4. The molecule has 0 radical (unpaired) electrons. The van der Waals surface area contributed by atoms with E-state index in [2.05, 4.69) is 37.5 Å². The number of amides is 1. The number of nitrogens with zero attached hydrogens (tertiary/aromatic N) is 5. The molecule has 0 bridgehead atoms. The average molecular weight is 597 g/mol. The molecule has 0 spiro atoms. The normalized spacial score (nSPS) is 17.3. The molecule has 182 valence electrons. The van der Waals surface area contributed by atoms with Crippen LogP contribution in [0.25, 0.3) is 11.0 Å². The Morgan fingerprint density at radius 3 is 2.44 bits per heavy atom. The van der Waals surface area contributed by atoms with E-state index in [9.17, 15) is 13.2 Å². The van der Waals surface area contributed by atoms with Gasteiger partial charge in [-0.1, -0.05) is 17.7 Å². The fraction of sp³-hybridized carbons (Fsp3) is 0.435. The van der Waals surface area contributed by atoms with Crippen LogP contribution >= 0.6 is 22.6 Å². The Morgan fingerprint density at radius 2 is 1.82 bits per heavy atom. The van der Waals surface area contributed by atoms with Gasteiger partial charge in [0.05, 0.1) is 10.3 Å². The Balaban J connectivity index is 1.68. The largest absolute Gasteiger partial charge is 0.444 e. The Bertz CT molecular complexity index is 1330. The quantitative estimate of drug-likeness (QED) is 0.421. The van der Waals surface area contributed by atoms with E-state index >= 15 is 0 Å². The van der Waals surface area contributed by atoms with Crippen molar-refractivity contribution in [2.24, 2.45) is 0 Å². The van der Waals surface area contributed by atoms with Gasteiger partial charge in [-0.25, -0.2) is 27.2 Å². The number of hydrogen-bond acceptors (Lipinski definition) is 7. The van der Waals surface area contributed by atoms with Gasteiger partial charge in [0, 0.05) is 35.4 Å². The van der Waals surface area contributed by atoms with Crippen LogP contribution in [0.3, 0.4) is 0 Å². The highest BCUT2D eigenvalue weighted by Crippen LogP contribution is 2.33. The second kappa shape index (κ2) is 8.99. The number of carbonyl (C=O) groups is 1. The summed E-state index contributed by atoms with van der Waals surface area (Å²) in [5.74, 6) is 0.656. The van der Waals surface area contributed by atoms with Crippen molar-refractivity contribution in [1.82, 2.24) is 18.8 Å². The smallest absolute Gasteiger partial charge is 0.410 e. The number of aromatic nitrogens is 3. The number of piperazine rings is 1. The minimum atomic E-state index is -3.83. The number of hydrogen-bond donors (Lipinski definition) is 0. The highest BCUT2D eigenvalue weighted by Gasteiger charge is 2.32. The average Bonchev–Trinajstić information content (AvgIpc) is 3.10. The molecule has 1 unspecified atom stereocenters. The van der Waals surface area contributed by atoms with Crippen molar-refractivity contribution >= 4 is 55.6 Å². The molecule has 0 aliphatic carbocycles. The third-order valence-electron chi connectivity index (χ3n) is 5.61. The summed E-state index contributed by atoms with van der Waals surface area (Å²) in [6.07, 6.45) is 2.64. The van der Waals surface area contributed by atoms with Crippen LogP contribution in [0.5, 0.6) is 0 Å². The molecule has 1 aromatic carbocycles. The third-order valence-corrected chi connectivity index (χ3v) is 8.10. The Labute approximate surface area is 213 Å². The number of anilines is 1. The van der Waals surface area contributed by atoms with Gasteiger partial charge in [0.2, 0.25) is 0 Å². The first-order valence-electron chi connectivity index (χ1n) is 11.0. The zero-order chi connectivity index (χ0) is 24.8. The Hall–Kier alpha value is -2.41. The van der Waals surface area contributed by atoms with Crippen molar-refractivity contribution in [3.63, 3.8) is 0 Å². The summed E-state index contributed by atoms with van der Waals surface area (Å²) >= 11 is 2.13. The lowest BCUT2D eigenvalue weighted by Crippen LogP contribution is -2.54. The monoisotopic (exact) mass is 597 g/mol. The van der Waals surface area contributed by atoms with E-state index in [-0.39, 0.29) is 17.0 Å². The van der Waals surface area contributed by atoms with Gasteiger partial charge in [-0.15, -0.1) is 0 Å².